The number of amidine groups is 1. The van der Waals surface area contributed by atoms with Crippen LogP contribution >= 0.6 is 23.2 Å². The number of carbonyl (C=O) groups is 1. The Morgan fingerprint density at radius 2 is 1.68 bits per heavy atom. The summed E-state index contributed by atoms with van der Waals surface area (Å²) in [7, 11) is 0. The number of benzene rings is 3. The third-order valence-corrected chi connectivity index (χ3v) is 4.78. The first-order valence-corrected chi connectivity index (χ1v) is 9.76. The van der Waals surface area contributed by atoms with Crippen molar-refractivity contribution >= 4 is 35.0 Å². The molecule has 31 heavy (non-hydrogen) atoms. The summed E-state index contributed by atoms with van der Waals surface area (Å²) >= 11 is 11.9. The molecule has 0 atom stereocenters. The summed E-state index contributed by atoms with van der Waals surface area (Å²) in [6.45, 7) is -0.134. The lowest BCUT2D eigenvalue weighted by atomic mass is 10.2. The second-order valence-electron chi connectivity index (χ2n) is 6.22. The fourth-order valence-electron chi connectivity index (χ4n) is 2.38. The average molecular weight is 463 g/mol. The van der Waals surface area contributed by atoms with Crippen molar-refractivity contribution in [2.75, 3.05) is 6.61 Å². The molecule has 0 amide bonds. The van der Waals surface area contributed by atoms with Gasteiger partial charge in [-0.3, -0.25) is 0 Å². The number of ether oxygens (including phenoxy) is 2. The van der Waals surface area contributed by atoms with Gasteiger partial charge in [-0.2, -0.15) is 0 Å². The molecule has 0 unspecified atom stereocenters. The van der Waals surface area contributed by atoms with Crippen molar-refractivity contribution in [3.8, 4) is 11.5 Å². The van der Waals surface area contributed by atoms with Crippen LogP contribution in [0.25, 0.3) is 0 Å². The maximum Gasteiger partial charge on any atom is 0.372 e. The molecule has 0 saturated carbocycles. The van der Waals surface area contributed by atoms with Gasteiger partial charge >= 0.3 is 5.97 Å². The van der Waals surface area contributed by atoms with Crippen molar-refractivity contribution in [2.24, 2.45) is 10.9 Å². The summed E-state index contributed by atoms with van der Waals surface area (Å²) in [5.74, 6) is -0.232. The Hall–Kier alpha value is -3.29. The molecule has 9 heteroatoms. The van der Waals surface area contributed by atoms with Crippen LogP contribution in [0.3, 0.4) is 0 Å². The van der Waals surface area contributed by atoms with Gasteiger partial charge in [-0.05, 0) is 54.1 Å². The molecular formula is C22H17Cl2FN2O4. The van der Waals surface area contributed by atoms with Crippen LogP contribution in [-0.4, -0.2) is 18.4 Å². The lowest BCUT2D eigenvalue weighted by molar-refractivity contribution is -0.146. The van der Waals surface area contributed by atoms with Gasteiger partial charge in [0, 0.05) is 5.56 Å². The molecule has 0 bridgehead atoms. The predicted octanol–water partition coefficient (Wildman–Crippen LogP) is 4.95. The van der Waals surface area contributed by atoms with Gasteiger partial charge in [-0.1, -0.05) is 46.6 Å². The van der Waals surface area contributed by atoms with E-state index >= 15 is 0 Å². The number of rotatable bonds is 8. The van der Waals surface area contributed by atoms with Crippen LogP contribution < -0.4 is 15.2 Å². The summed E-state index contributed by atoms with van der Waals surface area (Å²) in [4.78, 5) is 16.6. The van der Waals surface area contributed by atoms with E-state index in [0.717, 1.165) is 5.56 Å². The van der Waals surface area contributed by atoms with E-state index < -0.39 is 12.6 Å². The normalized spacial score (nSPS) is 11.1. The van der Waals surface area contributed by atoms with Crippen LogP contribution in [0, 0.1) is 5.82 Å². The fraction of sp³-hybridized carbons (Fsp3) is 0.0909. The lowest BCUT2D eigenvalue weighted by Gasteiger charge is -2.08. The monoisotopic (exact) mass is 462 g/mol. The quantitative estimate of drug-likeness (QED) is 0.221. The molecule has 0 heterocycles. The molecule has 0 fully saturated rings. The molecule has 0 aliphatic heterocycles. The van der Waals surface area contributed by atoms with Crippen LogP contribution in [0.2, 0.25) is 10.0 Å². The smallest absolute Gasteiger partial charge is 0.372 e. The number of oxime groups is 1. The third-order valence-electron chi connectivity index (χ3n) is 3.98. The van der Waals surface area contributed by atoms with Gasteiger partial charge in [0.25, 0.3) is 0 Å². The number of nitrogens with zero attached hydrogens (tertiary/aromatic N) is 1. The molecule has 3 aromatic rings. The maximum atomic E-state index is 12.9. The summed E-state index contributed by atoms with van der Waals surface area (Å²) in [5.41, 5.74) is 7.20. The minimum absolute atomic E-state index is 0.000720. The van der Waals surface area contributed by atoms with E-state index in [1.54, 1.807) is 54.6 Å². The molecule has 0 spiro atoms. The topological polar surface area (TPSA) is 83.1 Å². The Bertz CT molecular complexity index is 1070. The fourth-order valence-corrected chi connectivity index (χ4v) is 2.73. The minimum Gasteiger partial charge on any atom is -0.489 e. The highest BCUT2D eigenvalue weighted by Gasteiger charge is 2.10. The number of carbonyl (C=O) groups excluding carboxylic acids is 1. The Kier molecular flexibility index (Phi) is 7.70. The number of hydrogen-bond acceptors (Lipinski definition) is 5. The molecule has 3 rings (SSSR count). The largest absolute Gasteiger partial charge is 0.489 e. The molecule has 0 radical (unpaired) electrons. The van der Waals surface area contributed by atoms with Gasteiger partial charge in [0.1, 0.15) is 28.9 Å². The van der Waals surface area contributed by atoms with Crippen molar-refractivity contribution in [3.05, 3.63) is 93.7 Å². The van der Waals surface area contributed by atoms with Crippen molar-refractivity contribution < 1.29 is 23.5 Å². The zero-order valence-electron chi connectivity index (χ0n) is 16.1. The molecular weight excluding hydrogens is 446 g/mol. The Morgan fingerprint density at radius 1 is 0.968 bits per heavy atom. The SMILES string of the molecule is N/C(=N\OC(=O)COc1cccc(Cl)c1Cl)c1ccc(OCc2ccc(F)cc2)cc1. The highest BCUT2D eigenvalue weighted by atomic mass is 35.5. The summed E-state index contributed by atoms with van der Waals surface area (Å²) in [6, 6.07) is 17.5. The standard InChI is InChI=1S/C22H17Cl2FN2O4/c23-18-2-1-3-19(21(18)24)30-13-20(28)31-27-22(26)15-6-10-17(11-7-15)29-12-14-4-8-16(25)9-5-14/h1-11H,12-13H2,(H2,26,27). The van der Waals surface area contributed by atoms with Crippen molar-refractivity contribution in [1.29, 1.82) is 0 Å². The number of nitrogens with two attached hydrogens (primary N) is 1. The maximum absolute atomic E-state index is 12.9. The lowest BCUT2D eigenvalue weighted by Crippen LogP contribution is -2.18. The van der Waals surface area contributed by atoms with Gasteiger partial charge < -0.3 is 20.0 Å². The van der Waals surface area contributed by atoms with E-state index in [4.69, 9.17) is 43.2 Å². The minimum atomic E-state index is -0.766. The highest BCUT2D eigenvalue weighted by molar-refractivity contribution is 6.42. The molecule has 2 N–H and O–H groups in total. The van der Waals surface area contributed by atoms with Crippen molar-refractivity contribution in [3.63, 3.8) is 0 Å². The third kappa shape index (κ3) is 6.60. The van der Waals surface area contributed by atoms with E-state index in [9.17, 15) is 9.18 Å². The van der Waals surface area contributed by atoms with E-state index in [0.29, 0.717) is 16.3 Å². The Morgan fingerprint density at radius 3 is 2.39 bits per heavy atom. The zero-order valence-corrected chi connectivity index (χ0v) is 17.6. The first-order valence-electron chi connectivity index (χ1n) is 9.00. The predicted molar refractivity (Wildman–Crippen MR) is 116 cm³/mol. The van der Waals surface area contributed by atoms with E-state index in [1.807, 2.05) is 0 Å². The molecule has 160 valence electrons. The van der Waals surface area contributed by atoms with Gasteiger partial charge in [0.2, 0.25) is 0 Å². The number of halogens is 3. The summed E-state index contributed by atoms with van der Waals surface area (Å²) < 4.78 is 23.8. The van der Waals surface area contributed by atoms with Crippen LogP contribution in [0.5, 0.6) is 11.5 Å². The molecule has 3 aromatic carbocycles. The second-order valence-corrected chi connectivity index (χ2v) is 7.01. The molecule has 0 aliphatic rings. The van der Waals surface area contributed by atoms with Crippen molar-refractivity contribution in [2.45, 2.75) is 6.61 Å². The van der Waals surface area contributed by atoms with Crippen LogP contribution in [0.4, 0.5) is 4.39 Å². The van der Waals surface area contributed by atoms with Gasteiger partial charge in [-0.25, -0.2) is 9.18 Å². The van der Waals surface area contributed by atoms with Crippen LogP contribution in [0.15, 0.2) is 71.9 Å². The van der Waals surface area contributed by atoms with Crippen LogP contribution in [-0.2, 0) is 16.2 Å². The molecule has 0 saturated heterocycles. The second kappa shape index (κ2) is 10.7. The molecule has 0 aliphatic carbocycles. The van der Waals surface area contributed by atoms with Crippen LogP contribution in [0.1, 0.15) is 11.1 Å². The number of hydrogen-bond donors (Lipinski definition) is 1. The van der Waals surface area contributed by atoms with E-state index in [1.165, 1.54) is 12.1 Å². The first-order chi connectivity index (χ1) is 14.9. The average Bonchev–Trinajstić information content (AvgIpc) is 2.78. The zero-order chi connectivity index (χ0) is 22.2. The van der Waals surface area contributed by atoms with Crippen molar-refractivity contribution in [1.82, 2.24) is 0 Å². The van der Waals surface area contributed by atoms with Gasteiger partial charge in [-0.15, -0.1) is 0 Å². The summed E-state index contributed by atoms with van der Waals surface area (Å²) in [6.07, 6.45) is 0. The molecule has 0 aromatic heterocycles. The first kappa shape index (κ1) is 22.4. The Labute approximate surface area is 187 Å². The van der Waals surface area contributed by atoms with E-state index in [-0.39, 0.29) is 29.0 Å². The van der Waals surface area contributed by atoms with Gasteiger partial charge in [0.05, 0.1) is 5.02 Å². The molecule has 6 nitrogen and oxygen atoms in total. The summed E-state index contributed by atoms with van der Waals surface area (Å²) in [5, 5.41) is 4.11. The Balaban J connectivity index is 1.49. The highest BCUT2D eigenvalue weighted by Crippen LogP contribution is 2.31. The van der Waals surface area contributed by atoms with E-state index in [2.05, 4.69) is 5.16 Å². The van der Waals surface area contributed by atoms with Gasteiger partial charge in [0.15, 0.2) is 12.4 Å².